The largest absolute Gasteiger partial charge is 0.409 e. The van der Waals surface area contributed by atoms with Crippen molar-refractivity contribution in [2.75, 3.05) is 5.75 Å². The van der Waals surface area contributed by atoms with Crippen molar-refractivity contribution in [2.45, 2.75) is 57.4 Å². The maximum atomic E-state index is 12.0. The first-order chi connectivity index (χ1) is 8.46. The Labute approximate surface area is 109 Å². The van der Waals surface area contributed by atoms with Gasteiger partial charge in [0.1, 0.15) is 0 Å². The van der Waals surface area contributed by atoms with E-state index in [2.05, 4.69) is 9.88 Å². The van der Waals surface area contributed by atoms with Crippen LogP contribution in [0.5, 0.6) is 0 Å². The zero-order valence-electron chi connectivity index (χ0n) is 10.9. The Balaban J connectivity index is 2.85. The lowest BCUT2D eigenvalue weighted by molar-refractivity contribution is 0.294. The van der Waals surface area contributed by atoms with Gasteiger partial charge in [0.15, 0.2) is 5.84 Å². The van der Waals surface area contributed by atoms with Crippen molar-refractivity contribution in [3.05, 3.63) is 0 Å². The Hall–Kier alpha value is -0.820. The first-order valence-electron chi connectivity index (χ1n) is 6.45. The molecule has 7 heteroatoms. The van der Waals surface area contributed by atoms with E-state index in [4.69, 9.17) is 10.9 Å². The molecule has 1 saturated carbocycles. The summed E-state index contributed by atoms with van der Waals surface area (Å²) in [6, 6.07) is 0. The number of nitrogens with two attached hydrogens (primary N) is 1. The summed E-state index contributed by atoms with van der Waals surface area (Å²) in [4.78, 5) is 0. The summed E-state index contributed by atoms with van der Waals surface area (Å²) in [5.41, 5.74) is 4.80. The van der Waals surface area contributed by atoms with Crippen LogP contribution in [0, 0.1) is 0 Å². The molecule has 4 N–H and O–H groups in total. The lowest BCUT2D eigenvalue weighted by Gasteiger charge is -2.36. The van der Waals surface area contributed by atoms with Crippen LogP contribution in [0.2, 0.25) is 0 Å². The minimum absolute atomic E-state index is 0.0257. The molecule has 0 bridgehead atoms. The van der Waals surface area contributed by atoms with Crippen LogP contribution >= 0.6 is 0 Å². The normalized spacial score (nSPS) is 20.8. The van der Waals surface area contributed by atoms with Crippen LogP contribution in [0.3, 0.4) is 0 Å². The number of rotatable bonds is 6. The number of sulfonamides is 1. The number of hydrogen-bond acceptors (Lipinski definition) is 4. The first-order valence-corrected chi connectivity index (χ1v) is 8.10. The van der Waals surface area contributed by atoms with E-state index >= 15 is 0 Å². The molecule has 0 aromatic heterocycles. The second-order valence-corrected chi connectivity index (χ2v) is 6.74. The van der Waals surface area contributed by atoms with E-state index < -0.39 is 15.6 Å². The Morgan fingerprint density at radius 2 is 2.00 bits per heavy atom. The van der Waals surface area contributed by atoms with Crippen LogP contribution in [-0.2, 0) is 10.0 Å². The molecule has 1 fully saturated rings. The van der Waals surface area contributed by atoms with Crippen LogP contribution in [0.4, 0.5) is 0 Å². The fourth-order valence-electron chi connectivity index (χ4n) is 2.34. The zero-order valence-corrected chi connectivity index (χ0v) is 11.7. The standard InChI is InChI=1S/C11H23N3O3S/c1-2-3-9-18(16,17)14-11(10(12)13-15)7-5-4-6-8-11/h14-15H,2-9H2,1H3,(H2,12,13). The van der Waals surface area contributed by atoms with Crippen LogP contribution in [-0.4, -0.2) is 30.8 Å². The summed E-state index contributed by atoms with van der Waals surface area (Å²) in [6.45, 7) is 1.94. The number of nitrogens with one attached hydrogen (secondary N) is 1. The third-order valence-corrected chi connectivity index (χ3v) is 4.95. The SMILES string of the molecule is CCCCS(=O)(=O)NC1(/C(N)=N/O)CCCCC1. The summed E-state index contributed by atoms with van der Waals surface area (Å²) < 4.78 is 26.6. The molecule has 0 unspecified atom stereocenters. The summed E-state index contributed by atoms with van der Waals surface area (Å²) in [7, 11) is -3.38. The summed E-state index contributed by atoms with van der Waals surface area (Å²) in [5.74, 6) is 0.0616. The molecule has 106 valence electrons. The fraction of sp³-hybridized carbons (Fsp3) is 0.909. The molecule has 0 aromatic rings. The molecule has 0 heterocycles. The van der Waals surface area contributed by atoms with E-state index in [0.29, 0.717) is 19.3 Å². The van der Waals surface area contributed by atoms with Gasteiger partial charge in [0.25, 0.3) is 0 Å². The van der Waals surface area contributed by atoms with Gasteiger partial charge >= 0.3 is 0 Å². The summed E-state index contributed by atoms with van der Waals surface area (Å²) in [6.07, 6.45) is 5.43. The van der Waals surface area contributed by atoms with Gasteiger partial charge in [-0.05, 0) is 19.3 Å². The van der Waals surface area contributed by atoms with Crippen LogP contribution in [0.15, 0.2) is 5.16 Å². The van der Waals surface area contributed by atoms with Gasteiger partial charge in [0.05, 0.1) is 11.3 Å². The van der Waals surface area contributed by atoms with Gasteiger partial charge in [-0.2, -0.15) is 0 Å². The predicted molar refractivity (Wildman–Crippen MR) is 71.1 cm³/mol. The van der Waals surface area contributed by atoms with E-state index in [-0.39, 0.29) is 11.6 Å². The van der Waals surface area contributed by atoms with E-state index in [0.717, 1.165) is 25.7 Å². The van der Waals surface area contributed by atoms with Crippen LogP contribution in [0.1, 0.15) is 51.9 Å². The highest BCUT2D eigenvalue weighted by molar-refractivity contribution is 7.89. The van der Waals surface area contributed by atoms with Gasteiger partial charge in [-0.1, -0.05) is 37.8 Å². The number of oxime groups is 1. The number of hydrogen-bond donors (Lipinski definition) is 3. The Kier molecular flexibility index (Phi) is 5.40. The Bertz CT molecular complexity index is 386. The predicted octanol–water partition coefficient (Wildman–Crippen LogP) is 1.16. The molecule has 0 amide bonds. The molecule has 0 aliphatic heterocycles. The van der Waals surface area contributed by atoms with Crippen LogP contribution in [0.25, 0.3) is 0 Å². The molecule has 0 spiro atoms. The Morgan fingerprint density at radius 1 is 1.39 bits per heavy atom. The molecule has 0 aromatic carbocycles. The van der Waals surface area contributed by atoms with Crippen molar-refractivity contribution in [2.24, 2.45) is 10.9 Å². The van der Waals surface area contributed by atoms with Crippen molar-refractivity contribution < 1.29 is 13.6 Å². The highest BCUT2D eigenvalue weighted by atomic mass is 32.2. The quantitative estimate of drug-likeness (QED) is 0.293. The third kappa shape index (κ3) is 3.84. The van der Waals surface area contributed by atoms with Crippen LogP contribution < -0.4 is 10.5 Å². The second-order valence-electron chi connectivity index (χ2n) is 4.90. The van der Waals surface area contributed by atoms with Crippen molar-refractivity contribution in [1.82, 2.24) is 4.72 Å². The Morgan fingerprint density at radius 3 is 2.50 bits per heavy atom. The monoisotopic (exact) mass is 277 g/mol. The van der Waals surface area contributed by atoms with Gasteiger partial charge in [-0.15, -0.1) is 0 Å². The molecule has 6 nitrogen and oxygen atoms in total. The van der Waals surface area contributed by atoms with E-state index in [1.54, 1.807) is 0 Å². The molecule has 1 rings (SSSR count). The molecule has 18 heavy (non-hydrogen) atoms. The summed E-state index contributed by atoms with van der Waals surface area (Å²) in [5, 5.41) is 11.9. The first kappa shape index (κ1) is 15.2. The van der Waals surface area contributed by atoms with E-state index in [1.165, 1.54) is 0 Å². The van der Waals surface area contributed by atoms with E-state index in [9.17, 15) is 8.42 Å². The number of nitrogens with zero attached hydrogens (tertiary/aromatic N) is 1. The van der Waals surface area contributed by atoms with Crippen molar-refractivity contribution >= 4 is 15.9 Å². The minimum Gasteiger partial charge on any atom is -0.409 e. The highest BCUT2D eigenvalue weighted by Gasteiger charge is 2.39. The molecule has 0 radical (unpaired) electrons. The molecular weight excluding hydrogens is 254 g/mol. The maximum Gasteiger partial charge on any atom is 0.212 e. The average molecular weight is 277 g/mol. The highest BCUT2D eigenvalue weighted by Crippen LogP contribution is 2.29. The van der Waals surface area contributed by atoms with Gasteiger partial charge < -0.3 is 10.9 Å². The van der Waals surface area contributed by atoms with Gasteiger partial charge in [0, 0.05) is 0 Å². The lowest BCUT2D eigenvalue weighted by Crippen LogP contribution is -2.58. The molecule has 0 saturated heterocycles. The van der Waals surface area contributed by atoms with Gasteiger partial charge in [-0.25, -0.2) is 13.1 Å². The lowest BCUT2D eigenvalue weighted by atomic mass is 9.82. The minimum atomic E-state index is -3.38. The number of amidine groups is 1. The topological polar surface area (TPSA) is 105 Å². The maximum absolute atomic E-state index is 12.0. The van der Waals surface area contributed by atoms with Crippen molar-refractivity contribution in [3.63, 3.8) is 0 Å². The molecule has 1 aliphatic rings. The molecular formula is C11H23N3O3S. The van der Waals surface area contributed by atoms with Crippen molar-refractivity contribution in [3.8, 4) is 0 Å². The summed E-state index contributed by atoms with van der Waals surface area (Å²) >= 11 is 0. The zero-order chi connectivity index (χ0) is 13.6. The second kappa shape index (κ2) is 6.38. The molecule has 1 aliphatic carbocycles. The third-order valence-electron chi connectivity index (χ3n) is 3.42. The van der Waals surface area contributed by atoms with Gasteiger partial charge in [0.2, 0.25) is 10.0 Å². The molecule has 0 atom stereocenters. The van der Waals surface area contributed by atoms with Crippen molar-refractivity contribution in [1.29, 1.82) is 0 Å². The van der Waals surface area contributed by atoms with E-state index in [1.807, 2.05) is 6.92 Å². The smallest absolute Gasteiger partial charge is 0.212 e. The number of unbranched alkanes of at least 4 members (excludes halogenated alkanes) is 1. The average Bonchev–Trinajstić information content (AvgIpc) is 2.36. The fourth-order valence-corrected chi connectivity index (χ4v) is 4.02. The van der Waals surface area contributed by atoms with Gasteiger partial charge in [-0.3, -0.25) is 0 Å².